The maximum Gasteiger partial charge on any atom is 0.254 e. The topological polar surface area (TPSA) is 45.8 Å². The van der Waals surface area contributed by atoms with Crippen LogP contribution in [0.5, 0.6) is 0 Å². The summed E-state index contributed by atoms with van der Waals surface area (Å²) in [6.07, 6.45) is 6.89. The normalized spacial score (nSPS) is 16.7. The van der Waals surface area contributed by atoms with Crippen LogP contribution in [0.25, 0.3) is 0 Å². The predicted molar refractivity (Wildman–Crippen MR) is 46.1 cm³/mol. The first-order valence-corrected chi connectivity index (χ1v) is 4.43. The van der Waals surface area contributed by atoms with Gasteiger partial charge in [0.25, 0.3) is 5.56 Å². The largest absolute Gasteiger partial charge is 0.313 e. The fourth-order valence-corrected chi connectivity index (χ4v) is 1.71. The average Bonchev–Trinajstić information content (AvgIpc) is 2.30. The predicted octanol–water partition coefficient (Wildman–Crippen LogP) is 1.04. The van der Waals surface area contributed by atoms with Gasteiger partial charge in [0.15, 0.2) is 0 Å². The molecule has 0 saturated carbocycles. The Bertz CT molecular complexity index is 330. The summed E-state index contributed by atoms with van der Waals surface area (Å²) in [6.45, 7) is 0. The van der Waals surface area contributed by atoms with Crippen molar-refractivity contribution in [3.8, 4) is 0 Å². The molecule has 0 saturated heterocycles. The molecule has 1 heterocycles. The van der Waals surface area contributed by atoms with E-state index in [0.29, 0.717) is 0 Å². The molecular weight excluding hydrogens is 152 g/mol. The Morgan fingerprint density at radius 1 is 1.25 bits per heavy atom. The number of nitrogens with one attached hydrogen (secondary N) is 1. The van der Waals surface area contributed by atoms with E-state index in [1.165, 1.54) is 19.2 Å². The van der Waals surface area contributed by atoms with Crippen LogP contribution in [0.2, 0.25) is 0 Å². The maximum atomic E-state index is 11.3. The van der Waals surface area contributed by atoms with Crippen molar-refractivity contribution in [2.75, 3.05) is 0 Å². The SMILES string of the molecule is O=c1[nH]cnc2c1CCCCC2. The van der Waals surface area contributed by atoms with Crippen molar-refractivity contribution in [3.63, 3.8) is 0 Å². The van der Waals surface area contributed by atoms with Crippen LogP contribution < -0.4 is 5.56 Å². The van der Waals surface area contributed by atoms with E-state index in [1.54, 1.807) is 0 Å². The zero-order valence-electron chi connectivity index (χ0n) is 6.97. The lowest BCUT2D eigenvalue weighted by atomic mass is 10.1. The number of hydrogen-bond acceptors (Lipinski definition) is 2. The number of fused-ring (bicyclic) bond motifs is 1. The highest BCUT2D eigenvalue weighted by Crippen LogP contribution is 2.14. The minimum absolute atomic E-state index is 0.0573. The molecule has 1 aliphatic carbocycles. The van der Waals surface area contributed by atoms with Gasteiger partial charge in [-0.2, -0.15) is 0 Å². The average molecular weight is 164 g/mol. The lowest BCUT2D eigenvalue weighted by Crippen LogP contribution is -2.15. The third-order valence-corrected chi connectivity index (χ3v) is 2.38. The third-order valence-electron chi connectivity index (χ3n) is 2.38. The number of nitrogens with zero attached hydrogens (tertiary/aromatic N) is 1. The van der Waals surface area contributed by atoms with Gasteiger partial charge >= 0.3 is 0 Å². The minimum Gasteiger partial charge on any atom is -0.313 e. The number of H-pyrrole nitrogens is 1. The van der Waals surface area contributed by atoms with E-state index < -0.39 is 0 Å². The molecule has 1 aromatic heterocycles. The van der Waals surface area contributed by atoms with E-state index in [9.17, 15) is 4.79 Å². The lowest BCUT2D eigenvalue weighted by Gasteiger charge is -2.00. The van der Waals surface area contributed by atoms with Gasteiger partial charge in [-0.25, -0.2) is 4.98 Å². The molecule has 1 aromatic rings. The Labute approximate surface area is 70.9 Å². The van der Waals surface area contributed by atoms with E-state index in [2.05, 4.69) is 9.97 Å². The van der Waals surface area contributed by atoms with Crippen molar-refractivity contribution in [2.24, 2.45) is 0 Å². The number of aromatic nitrogens is 2. The first-order chi connectivity index (χ1) is 5.88. The van der Waals surface area contributed by atoms with Crippen LogP contribution >= 0.6 is 0 Å². The highest BCUT2D eigenvalue weighted by atomic mass is 16.1. The van der Waals surface area contributed by atoms with Crippen LogP contribution in [0.3, 0.4) is 0 Å². The van der Waals surface area contributed by atoms with Gasteiger partial charge in [-0.15, -0.1) is 0 Å². The number of aryl methyl sites for hydroxylation is 1. The van der Waals surface area contributed by atoms with Gasteiger partial charge in [-0.1, -0.05) is 6.42 Å². The molecule has 0 radical (unpaired) electrons. The first kappa shape index (κ1) is 7.53. The van der Waals surface area contributed by atoms with Crippen LogP contribution in [0.15, 0.2) is 11.1 Å². The molecule has 0 aromatic carbocycles. The fourth-order valence-electron chi connectivity index (χ4n) is 1.71. The van der Waals surface area contributed by atoms with E-state index in [4.69, 9.17) is 0 Å². The molecule has 12 heavy (non-hydrogen) atoms. The Hall–Kier alpha value is -1.12. The molecule has 0 aliphatic heterocycles. The van der Waals surface area contributed by atoms with Gasteiger partial charge in [-0.3, -0.25) is 4.79 Å². The summed E-state index contributed by atoms with van der Waals surface area (Å²) in [6, 6.07) is 0. The Balaban J connectivity index is 2.49. The molecule has 1 N–H and O–H groups in total. The molecule has 0 spiro atoms. The Morgan fingerprint density at radius 3 is 3.00 bits per heavy atom. The molecule has 1 aliphatic rings. The third kappa shape index (κ3) is 1.26. The number of aromatic amines is 1. The van der Waals surface area contributed by atoms with Crippen LogP contribution in [-0.4, -0.2) is 9.97 Å². The standard InChI is InChI=1S/C9H12N2O/c12-9-7-4-2-1-3-5-8(7)10-6-11-9/h6H,1-5H2,(H,10,11,12). The second-order valence-electron chi connectivity index (χ2n) is 3.22. The smallest absolute Gasteiger partial charge is 0.254 e. The molecule has 2 rings (SSSR count). The van der Waals surface area contributed by atoms with Gasteiger partial charge in [-0.05, 0) is 25.7 Å². The quantitative estimate of drug-likeness (QED) is 0.582. The zero-order chi connectivity index (χ0) is 8.39. The van der Waals surface area contributed by atoms with E-state index in [0.717, 1.165) is 30.5 Å². The van der Waals surface area contributed by atoms with Crippen molar-refractivity contribution in [1.29, 1.82) is 0 Å². The molecule has 0 atom stereocenters. The van der Waals surface area contributed by atoms with Crippen LogP contribution in [-0.2, 0) is 12.8 Å². The van der Waals surface area contributed by atoms with Crippen molar-refractivity contribution in [2.45, 2.75) is 32.1 Å². The van der Waals surface area contributed by atoms with Gasteiger partial charge in [0.1, 0.15) is 0 Å². The van der Waals surface area contributed by atoms with E-state index in [-0.39, 0.29) is 5.56 Å². The van der Waals surface area contributed by atoms with Crippen molar-refractivity contribution >= 4 is 0 Å². The highest BCUT2D eigenvalue weighted by molar-refractivity contribution is 5.17. The summed E-state index contributed by atoms with van der Waals surface area (Å²) in [7, 11) is 0. The summed E-state index contributed by atoms with van der Waals surface area (Å²) >= 11 is 0. The second kappa shape index (κ2) is 3.09. The van der Waals surface area contributed by atoms with Crippen LogP contribution in [0, 0.1) is 0 Å². The van der Waals surface area contributed by atoms with Crippen LogP contribution in [0.1, 0.15) is 30.5 Å². The zero-order valence-corrected chi connectivity index (χ0v) is 6.97. The van der Waals surface area contributed by atoms with E-state index >= 15 is 0 Å². The monoisotopic (exact) mass is 164 g/mol. The molecule has 3 nitrogen and oxygen atoms in total. The number of hydrogen-bond donors (Lipinski definition) is 1. The van der Waals surface area contributed by atoms with Gasteiger partial charge in [0.05, 0.1) is 12.0 Å². The first-order valence-electron chi connectivity index (χ1n) is 4.43. The van der Waals surface area contributed by atoms with Gasteiger partial charge in [0.2, 0.25) is 0 Å². The molecule has 0 unspecified atom stereocenters. The molecule has 0 amide bonds. The Kier molecular flexibility index (Phi) is 1.94. The molecule has 0 fully saturated rings. The minimum atomic E-state index is 0.0573. The van der Waals surface area contributed by atoms with Crippen molar-refractivity contribution < 1.29 is 0 Å². The summed E-state index contributed by atoms with van der Waals surface area (Å²) in [5.41, 5.74) is 1.98. The lowest BCUT2D eigenvalue weighted by molar-refractivity contribution is 0.708. The summed E-state index contributed by atoms with van der Waals surface area (Å²) in [5.74, 6) is 0. The van der Waals surface area contributed by atoms with Gasteiger partial charge < -0.3 is 4.98 Å². The van der Waals surface area contributed by atoms with Crippen molar-refractivity contribution in [3.05, 3.63) is 27.9 Å². The summed E-state index contributed by atoms with van der Waals surface area (Å²) < 4.78 is 0. The molecule has 0 bridgehead atoms. The second-order valence-corrected chi connectivity index (χ2v) is 3.22. The van der Waals surface area contributed by atoms with Crippen LogP contribution in [0.4, 0.5) is 0 Å². The summed E-state index contributed by atoms with van der Waals surface area (Å²) in [5, 5.41) is 0. The number of rotatable bonds is 0. The van der Waals surface area contributed by atoms with Gasteiger partial charge in [0, 0.05) is 5.56 Å². The summed E-state index contributed by atoms with van der Waals surface area (Å²) in [4.78, 5) is 18.1. The highest BCUT2D eigenvalue weighted by Gasteiger charge is 2.11. The molecule has 3 heteroatoms. The van der Waals surface area contributed by atoms with E-state index in [1.807, 2.05) is 0 Å². The molecular formula is C9H12N2O. The maximum absolute atomic E-state index is 11.3. The Morgan fingerprint density at radius 2 is 2.08 bits per heavy atom. The fraction of sp³-hybridized carbons (Fsp3) is 0.556. The molecule has 64 valence electrons. The van der Waals surface area contributed by atoms with Crippen molar-refractivity contribution in [1.82, 2.24) is 9.97 Å².